The van der Waals surface area contributed by atoms with Crippen molar-refractivity contribution >= 4 is 6.09 Å². The molecule has 64 valence electrons. The van der Waals surface area contributed by atoms with Gasteiger partial charge in [0.05, 0.1) is 6.10 Å². The second kappa shape index (κ2) is 3.09. The Hall–Kier alpha value is -0.770. The summed E-state index contributed by atoms with van der Waals surface area (Å²) in [7, 11) is 0. The van der Waals surface area contributed by atoms with Gasteiger partial charge in [0.1, 0.15) is 0 Å². The van der Waals surface area contributed by atoms with Crippen LogP contribution in [0.25, 0.3) is 0 Å². The molecule has 1 fully saturated rings. The molecule has 1 saturated heterocycles. The first-order valence-corrected chi connectivity index (χ1v) is 3.75. The van der Waals surface area contributed by atoms with Gasteiger partial charge in [0, 0.05) is 13.1 Å². The smallest absolute Gasteiger partial charge is 0.407 e. The topological polar surface area (TPSA) is 60.8 Å². The summed E-state index contributed by atoms with van der Waals surface area (Å²) in [5, 5.41) is 17.8. The minimum Gasteiger partial charge on any atom is -0.465 e. The second-order valence-electron chi connectivity index (χ2n) is 3.18. The van der Waals surface area contributed by atoms with Crippen molar-refractivity contribution < 1.29 is 15.0 Å². The fraction of sp³-hybridized carbons (Fsp3) is 0.857. The molecular formula is C7H13NO3. The van der Waals surface area contributed by atoms with Crippen LogP contribution in [-0.2, 0) is 0 Å². The quantitative estimate of drug-likeness (QED) is 0.536. The number of nitrogens with zero attached hydrogens (tertiary/aromatic N) is 1. The van der Waals surface area contributed by atoms with Crippen LogP contribution in [0.4, 0.5) is 4.79 Å². The summed E-state index contributed by atoms with van der Waals surface area (Å²) in [6.45, 7) is 2.75. The molecule has 1 aliphatic heterocycles. The summed E-state index contributed by atoms with van der Waals surface area (Å²) in [6.07, 6.45) is -0.700. The summed E-state index contributed by atoms with van der Waals surface area (Å²) >= 11 is 0. The fourth-order valence-electron chi connectivity index (χ4n) is 1.47. The van der Waals surface area contributed by atoms with E-state index in [1.54, 1.807) is 0 Å². The van der Waals surface area contributed by atoms with Crippen LogP contribution in [0.5, 0.6) is 0 Å². The zero-order chi connectivity index (χ0) is 8.43. The molecule has 0 bridgehead atoms. The van der Waals surface area contributed by atoms with Crippen molar-refractivity contribution in [2.24, 2.45) is 5.92 Å². The zero-order valence-electron chi connectivity index (χ0n) is 6.53. The van der Waals surface area contributed by atoms with Crippen molar-refractivity contribution in [3.05, 3.63) is 0 Å². The number of rotatable bonds is 0. The molecule has 1 rings (SSSR count). The van der Waals surface area contributed by atoms with Crippen LogP contribution in [0.2, 0.25) is 0 Å². The summed E-state index contributed by atoms with van der Waals surface area (Å²) in [5.74, 6) is 0.273. The lowest BCUT2D eigenvalue weighted by Gasteiger charge is -2.31. The van der Waals surface area contributed by atoms with E-state index in [2.05, 4.69) is 0 Å². The highest BCUT2D eigenvalue weighted by atomic mass is 16.4. The number of β-amino-alcohol motifs (C(OH)–C–C–N with tert-alkyl or cyclic N) is 1. The van der Waals surface area contributed by atoms with Crippen LogP contribution in [0.1, 0.15) is 13.3 Å². The average Bonchev–Trinajstić information content (AvgIpc) is 1.85. The molecule has 0 spiro atoms. The zero-order valence-corrected chi connectivity index (χ0v) is 6.53. The van der Waals surface area contributed by atoms with Gasteiger partial charge in [-0.2, -0.15) is 0 Å². The Morgan fingerprint density at radius 3 is 2.64 bits per heavy atom. The van der Waals surface area contributed by atoms with Gasteiger partial charge in [0.25, 0.3) is 0 Å². The van der Waals surface area contributed by atoms with Crippen LogP contribution in [0, 0.1) is 5.92 Å². The maximum absolute atomic E-state index is 10.5. The molecule has 2 unspecified atom stereocenters. The van der Waals surface area contributed by atoms with Gasteiger partial charge in [-0.05, 0) is 12.3 Å². The Balaban J connectivity index is 2.49. The molecule has 4 nitrogen and oxygen atoms in total. The summed E-state index contributed by atoms with van der Waals surface area (Å²) in [5.41, 5.74) is 0. The highest BCUT2D eigenvalue weighted by Crippen LogP contribution is 2.15. The van der Waals surface area contributed by atoms with E-state index in [9.17, 15) is 9.90 Å². The van der Waals surface area contributed by atoms with Crippen molar-refractivity contribution in [3.63, 3.8) is 0 Å². The summed E-state index contributed by atoms with van der Waals surface area (Å²) in [6, 6.07) is 0. The number of carbonyl (C=O) groups is 1. The predicted octanol–water partition coefficient (Wildman–Crippen LogP) is 0.367. The number of likely N-dealkylation sites (tertiary alicyclic amines) is 1. The number of aliphatic hydroxyl groups is 1. The summed E-state index contributed by atoms with van der Waals surface area (Å²) < 4.78 is 0. The van der Waals surface area contributed by atoms with Gasteiger partial charge in [0.15, 0.2) is 0 Å². The first kappa shape index (κ1) is 8.33. The van der Waals surface area contributed by atoms with E-state index in [-0.39, 0.29) is 12.5 Å². The van der Waals surface area contributed by atoms with E-state index < -0.39 is 12.2 Å². The molecule has 0 aromatic rings. The van der Waals surface area contributed by atoms with Crippen LogP contribution in [-0.4, -0.2) is 40.4 Å². The van der Waals surface area contributed by atoms with E-state index in [1.807, 2.05) is 6.92 Å². The number of carboxylic acid groups (broad SMARTS) is 1. The molecule has 0 aromatic heterocycles. The van der Waals surface area contributed by atoms with Crippen molar-refractivity contribution in [2.45, 2.75) is 19.4 Å². The van der Waals surface area contributed by atoms with Gasteiger partial charge in [-0.25, -0.2) is 4.79 Å². The average molecular weight is 159 g/mol. The number of aliphatic hydroxyl groups excluding tert-OH is 1. The first-order valence-electron chi connectivity index (χ1n) is 3.75. The van der Waals surface area contributed by atoms with Crippen molar-refractivity contribution in [1.82, 2.24) is 4.90 Å². The Labute approximate surface area is 65.4 Å². The van der Waals surface area contributed by atoms with Gasteiger partial charge in [-0.15, -0.1) is 0 Å². The molecule has 0 aromatic carbocycles. The van der Waals surface area contributed by atoms with Crippen molar-refractivity contribution in [3.8, 4) is 0 Å². The standard InChI is InChI=1S/C7H13NO3/c1-5-2-6(9)4-8(3-5)7(10)11/h5-6,9H,2-4H2,1H3,(H,10,11). The second-order valence-corrected chi connectivity index (χ2v) is 3.18. The largest absolute Gasteiger partial charge is 0.465 e. The summed E-state index contributed by atoms with van der Waals surface area (Å²) in [4.78, 5) is 11.7. The predicted molar refractivity (Wildman–Crippen MR) is 39.4 cm³/mol. The van der Waals surface area contributed by atoms with E-state index in [0.717, 1.165) is 0 Å². The molecule has 0 aliphatic carbocycles. The number of amides is 1. The Morgan fingerprint density at radius 2 is 2.18 bits per heavy atom. The van der Waals surface area contributed by atoms with Crippen LogP contribution in [0.3, 0.4) is 0 Å². The lowest BCUT2D eigenvalue weighted by atomic mass is 9.98. The van der Waals surface area contributed by atoms with Gasteiger partial charge in [-0.3, -0.25) is 0 Å². The minimum atomic E-state index is -0.935. The number of hydrogen-bond acceptors (Lipinski definition) is 2. The Bertz CT molecular complexity index is 150. The third-order valence-electron chi connectivity index (χ3n) is 1.91. The molecule has 4 heteroatoms. The Kier molecular flexibility index (Phi) is 2.34. The highest BCUT2D eigenvalue weighted by Gasteiger charge is 2.25. The van der Waals surface area contributed by atoms with Gasteiger partial charge in [-0.1, -0.05) is 6.92 Å². The fourth-order valence-corrected chi connectivity index (χ4v) is 1.47. The van der Waals surface area contributed by atoms with E-state index in [1.165, 1.54) is 4.90 Å². The highest BCUT2D eigenvalue weighted by molar-refractivity contribution is 5.65. The lowest BCUT2D eigenvalue weighted by Crippen LogP contribution is -2.44. The lowest BCUT2D eigenvalue weighted by molar-refractivity contribution is 0.0448. The van der Waals surface area contributed by atoms with Crippen LogP contribution in [0.15, 0.2) is 0 Å². The van der Waals surface area contributed by atoms with Crippen molar-refractivity contribution in [1.29, 1.82) is 0 Å². The van der Waals surface area contributed by atoms with Crippen molar-refractivity contribution in [2.75, 3.05) is 13.1 Å². The third kappa shape index (κ3) is 2.08. The van der Waals surface area contributed by atoms with Gasteiger partial charge < -0.3 is 15.1 Å². The molecule has 11 heavy (non-hydrogen) atoms. The normalized spacial score (nSPS) is 32.0. The molecule has 0 radical (unpaired) electrons. The molecule has 0 saturated carbocycles. The number of piperidine rings is 1. The Morgan fingerprint density at radius 1 is 1.55 bits per heavy atom. The third-order valence-corrected chi connectivity index (χ3v) is 1.91. The SMILES string of the molecule is CC1CC(O)CN(C(=O)O)C1. The number of hydrogen-bond donors (Lipinski definition) is 2. The molecule has 1 amide bonds. The molecule has 1 aliphatic rings. The van der Waals surface area contributed by atoms with Crippen LogP contribution < -0.4 is 0 Å². The molecular weight excluding hydrogens is 146 g/mol. The molecule has 1 heterocycles. The minimum absolute atomic E-state index is 0.264. The monoisotopic (exact) mass is 159 g/mol. The van der Waals surface area contributed by atoms with E-state index in [0.29, 0.717) is 13.0 Å². The first-order chi connectivity index (χ1) is 5.09. The maximum atomic E-state index is 10.5. The van der Waals surface area contributed by atoms with E-state index in [4.69, 9.17) is 5.11 Å². The van der Waals surface area contributed by atoms with E-state index >= 15 is 0 Å². The molecule has 2 N–H and O–H groups in total. The molecule has 2 atom stereocenters. The van der Waals surface area contributed by atoms with Crippen LogP contribution >= 0.6 is 0 Å². The maximum Gasteiger partial charge on any atom is 0.407 e. The van der Waals surface area contributed by atoms with Gasteiger partial charge >= 0.3 is 6.09 Å². The van der Waals surface area contributed by atoms with Gasteiger partial charge in [0.2, 0.25) is 0 Å².